The predicted octanol–water partition coefficient (Wildman–Crippen LogP) is 1.94. The summed E-state index contributed by atoms with van der Waals surface area (Å²) in [6.07, 6.45) is 1.73. The highest BCUT2D eigenvalue weighted by Crippen LogP contribution is 2.24. The number of piperazine rings is 2. The number of nitrogens with zero attached hydrogens (tertiary/aromatic N) is 6. The second-order valence-electron chi connectivity index (χ2n) is 10.7. The minimum absolute atomic E-state index is 0.0546. The van der Waals surface area contributed by atoms with E-state index < -0.39 is 0 Å². The number of amides is 2. The number of rotatable bonds is 9. The van der Waals surface area contributed by atoms with Crippen molar-refractivity contribution in [2.24, 2.45) is 0 Å². The molecule has 2 aliphatic heterocycles. The van der Waals surface area contributed by atoms with Crippen LogP contribution >= 0.6 is 0 Å². The van der Waals surface area contributed by atoms with Crippen molar-refractivity contribution in [2.75, 3.05) is 95.1 Å². The first kappa shape index (κ1) is 28.5. The Morgan fingerprint density at radius 3 is 2.24 bits per heavy atom. The van der Waals surface area contributed by atoms with E-state index >= 15 is 0 Å². The third-order valence-corrected chi connectivity index (χ3v) is 7.27. The summed E-state index contributed by atoms with van der Waals surface area (Å²) in [6, 6.07) is 17.7. The molecule has 216 valence electrons. The normalized spacial score (nSPS) is 16.1. The quantitative estimate of drug-likeness (QED) is 0.364. The monoisotopic (exact) mass is 557 g/mol. The van der Waals surface area contributed by atoms with E-state index in [1.165, 1.54) is 0 Å². The lowest BCUT2D eigenvalue weighted by atomic mass is 10.1. The molecule has 2 saturated heterocycles. The average molecular weight is 558 g/mol. The Balaban J connectivity index is 1.12. The van der Waals surface area contributed by atoms with Crippen molar-refractivity contribution in [1.29, 1.82) is 0 Å². The third-order valence-electron chi connectivity index (χ3n) is 7.27. The molecule has 5 rings (SSSR count). The molecule has 0 atom stereocenters. The Kier molecular flexibility index (Phi) is 9.40. The molecule has 2 fully saturated rings. The van der Waals surface area contributed by atoms with Crippen LogP contribution in [-0.2, 0) is 9.59 Å². The van der Waals surface area contributed by atoms with Crippen LogP contribution in [0, 0.1) is 0 Å². The van der Waals surface area contributed by atoms with Gasteiger partial charge < -0.3 is 30.7 Å². The van der Waals surface area contributed by atoms with E-state index in [-0.39, 0.29) is 11.8 Å². The van der Waals surface area contributed by atoms with E-state index in [0.29, 0.717) is 19.0 Å². The molecule has 2 amide bonds. The molecule has 3 aromatic rings. The van der Waals surface area contributed by atoms with E-state index in [4.69, 9.17) is 0 Å². The van der Waals surface area contributed by atoms with Gasteiger partial charge in [-0.3, -0.25) is 14.5 Å². The van der Waals surface area contributed by atoms with Gasteiger partial charge in [0.15, 0.2) is 0 Å². The fraction of sp³-hybridized carbons (Fsp3) is 0.400. The number of likely N-dealkylation sites (N-methyl/N-ethyl adjacent to an activating group) is 1. The van der Waals surface area contributed by atoms with Gasteiger partial charge in [0.25, 0.3) is 0 Å². The molecular formula is C30H39N9O2. The van der Waals surface area contributed by atoms with Gasteiger partial charge in [-0.15, -0.1) is 0 Å². The summed E-state index contributed by atoms with van der Waals surface area (Å²) < 4.78 is 0. The molecule has 11 nitrogen and oxygen atoms in total. The standard InChI is InChI=1S/C30H39N9O2/c1-36(2)21-28(40)33-24-5-3-23(4-6-24)27-11-12-32-30(35-27)34-25-7-9-26(10-8-25)38-17-19-39(20-18-38)29(41)22-37-15-13-31-14-16-37/h3-12,31H,13-22H2,1-2H3,(H,33,40)(H,32,34,35). The second-order valence-corrected chi connectivity index (χ2v) is 10.7. The molecule has 11 heteroatoms. The second kappa shape index (κ2) is 13.5. The van der Waals surface area contributed by atoms with Crippen LogP contribution in [-0.4, -0.2) is 116 Å². The van der Waals surface area contributed by atoms with Crippen molar-refractivity contribution in [3.8, 4) is 11.3 Å². The summed E-state index contributed by atoms with van der Waals surface area (Å²) >= 11 is 0. The maximum absolute atomic E-state index is 12.7. The van der Waals surface area contributed by atoms with Crippen molar-refractivity contribution in [3.63, 3.8) is 0 Å². The SMILES string of the molecule is CN(C)CC(=O)Nc1ccc(-c2ccnc(Nc3ccc(N4CCN(C(=O)CN5CCNCC5)CC4)cc3)n2)cc1. The number of carbonyl (C=O) groups is 2. The zero-order valence-electron chi connectivity index (χ0n) is 23.8. The van der Waals surface area contributed by atoms with Crippen LogP contribution in [0.1, 0.15) is 0 Å². The van der Waals surface area contributed by atoms with Crippen molar-refractivity contribution in [3.05, 3.63) is 60.8 Å². The number of hydrogen-bond acceptors (Lipinski definition) is 9. The largest absolute Gasteiger partial charge is 0.368 e. The van der Waals surface area contributed by atoms with Crippen molar-refractivity contribution in [2.45, 2.75) is 0 Å². The van der Waals surface area contributed by atoms with Crippen LogP contribution in [0.25, 0.3) is 11.3 Å². The van der Waals surface area contributed by atoms with E-state index in [1.54, 1.807) is 6.20 Å². The number of aromatic nitrogens is 2. The lowest BCUT2D eigenvalue weighted by Crippen LogP contribution is -2.53. The number of carbonyl (C=O) groups excluding carboxylic acids is 2. The Morgan fingerprint density at radius 2 is 1.56 bits per heavy atom. The average Bonchev–Trinajstić information content (AvgIpc) is 2.98. The molecule has 3 heterocycles. The molecular weight excluding hydrogens is 518 g/mol. The Hall–Kier alpha value is -4.06. The van der Waals surface area contributed by atoms with Crippen LogP contribution < -0.4 is 20.9 Å². The Labute approximate surface area is 241 Å². The molecule has 0 unspecified atom stereocenters. The highest BCUT2D eigenvalue weighted by atomic mass is 16.2. The van der Waals surface area contributed by atoms with Gasteiger partial charge in [0.1, 0.15) is 0 Å². The van der Waals surface area contributed by atoms with Gasteiger partial charge in [0.05, 0.1) is 18.8 Å². The highest BCUT2D eigenvalue weighted by molar-refractivity contribution is 5.92. The van der Waals surface area contributed by atoms with Gasteiger partial charge >= 0.3 is 0 Å². The van der Waals surface area contributed by atoms with E-state index in [0.717, 1.165) is 80.7 Å². The number of nitrogens with one attached hydrogen (secondary N) is 3. The molecule has 41 heavy (non-hydrogen) atoms. The zero-order chi connectivity index (χ0) is 28.6. The van der Waals surface area contributed by atoms with Crippen LogP contribution in [0.3, 0.4) is 0 Å². The maximum atomic E-state index is 12.7. The number of hydrogen-bond donors (Lipinski definition) is 3. The fourth-order valence-electron chi connectivity index (χ4n) is 5.05. The molecule has 2 aliphatic rings. The number of benzene rings is 2. The topological polar surface area (TPSA) is 109 Å². The van der Waals surface area contributed by atoms with Crippen LogP contribution in [0.5, 0.6) is 0 Å². The molecule has 0 radical (unpaired) electrons. The lowest BCUT2D eigenvalue weighted by molar-refractivity contribution is -0.132. The molecule has 0 aliphatic carbocycles. The lowest BCUT2D eigenvalue weighted by Gasteiger charge is -2.37. The highest BCUT2D eigenvalue weighted by Gasteiger charge is 2.23. The van der Waals surface area contributed by atoms with E-state index in [1.807, 2.05) is 66.4 Å². The van der Waals surface area contributed by atoms with Crippen molar-refractivity contribution in [1.82, 2.24) is 30.0 Å². The fourth-order valence-corrected chi connectivity index (χ4v) is 5.05. The maximum Gasteiger partial charge on any atom is 0.238 e. The van der Waals surface area contributed by atoms with E-state index in [2.05, 4.69) is 47.9 Å². The smallest absolute Gasteiger partial charge is 0.238 e. The van der Waals surface area contributed by atoms with Gasteiger partial charge in [0, 0.05) is 81.2 Å². The van der Waals surface area contributed by atoms with Crippen molar-refractivity contribution >= 4 is 34.8 Å². The van der Waals surface area contributed by atoms with Crippen LogP contribution in [0.15, 0.2) is 60.8 Å². The van der Waals surface area contributed by atoms with Gasteiger partial charge in [0.2, 0.25) is 17.8 Å². The number of anilines is 4. The van der Waals surface area contributed by atoms with Crippen LogP contribution in [0.4, 0.5) is 23.0 Å². The van der Waals surface area contributed by atoms with Gasteiger partial charge in [-0.25, -0.2) is 9.97 Å². The third kappa shape index (κ3) is 8.00. The summed E-state index contributed by atoms with van der Waals surface area (Å²) in [5, 5.41) is 9.52. The molecule has 3 N–H and O–H groups in total. The summed E-state index contributed by atoms with van der Waals surface area (Å²) in [6.45, 7) is 7.77. The molecule has 1 aromatic heterocycles. The first-order valence-electron chi connectivity index (χ1n) is 14.1. The molecule has 0 saturated carbocycles. The van der Waals surface area contributed by atoms with Gasteiger partial charge in [-0.2, -0.15) is 0 Å². The van der Waals surface area contributed by atoms with Gasteiger partial charge in [-0.05, 0) is 56.6 Å². The Bertz CT molecular complexity index is 1300. The first-order chi connectivity index (χ1) is 19.9. The summed E-state index contributed by atoms with van der Waals surface area (Å²) in [5.41, 5.74) is 4.50. The van der Waals surface area contributed by atoms with Crippen LogP contribution in [0.2, 0.25) is 0 Å². The summed E-state index contributed by atoms with van der Waals surface area (Å²) in [7, 11) is 3.72. The van der Waals surface area contributed by atoms with Crippen molar-refractivity contribution < 1.29 is 9.59 Å². The molecule has 2 aromatic carbocycles. The first-order valence-corrected chi connectivity index (χ1v) is 14.1. The zero-order valence-corrected chi connectivity index (χ0v) is 23.8. The van der Waals surface area contributed by atoms with E-state index in [9.17, 15) is 9.59 Å². The predicted molar refractivity (Wildman–Crippen MR) is 162 cm³/mol. The summed E-state index contributed by atoms with van der Waals surface area (Å²) in [5.74, 6) is 0.687. The molecule has 0 bridgehead atoms. The Morgan fingerprint density at radius 1 is 0.878 bits per heavy atom. The minimum atomic E-state index is -0.0546. The molecule has 0 spiro atoms. The summed E-state index contributed by atoms with van der Waals surface area (Å²) in [4.78, 5) is 42.2. The van der Waals surface area contributed by atoms with Gasteiger partial charge in [-0.1, -0.05) is 12.1 Å². The minimum Gasteiger partial charge on any atom is -0.368 e.